The van der Waals surface area contributed by atoms with Gasteiger partial charge in [0.1, 0.15) is 11.6 Å². The minimum atomic E-state index is 0.547. The molecular formula is C24H22N8S. The fourth-order valence-electron chi connectivity index (χ4n) is 4.18. The van der Waals surface area contributed by atoms with Crippen molar-refractivity contribution in [2.75, 3.05) is 41.7 Å². The fourth-order valence-corrected chi connectivity index (χ4v) is 4.90. The first-order valence-electron chi connectivity index (χ1n) is 10.8. The molecule has 0 aliphatic carbocycles. The molecule has 1 aromatic carbocycles. The highest BCUT2D eigenvalue weighted by atomic mass is 32.1. The Bertz CT molecular complexity index is 1370. The third-order valence-electron chi connectivity index (χ3n) is 5.85. The molecule has 0 atom stereocenters. The number of hydrogen-bond donors (Lipinski definition) is 1. The lowest BCUT2D eigenvalue weighted by Gasteiger charge is -2.35. The summed E-state index contributed by atoms with van der Waals surface area (Å²) in [6.07, 6.45) is 1.83. The number of anilines is 3. The summed E-state index contributed by atoms with van der Waals surface area (Å²) in [5, 5.41) is 7.61. The van der Waals surface area contributed by atoms with Crippen LogP contribution in [-0.2, 0) is 0 Å². The minimum absolute atomic E-state index is 0.547. The van der Waals surface area contributed by atoms with Crippen LogP contribution < -0.4 is 15.5 Å². The Labute approximate surface area is 195 Å². The van der Waals surface area contributed by atoms with Gasteiger partial charge in [0, 0.05) is 32.4 Å². The molecule has 0 saturated carbocycles. The summed E-state index contributed by atoms with van der Waals surface area (Å²) in [6.45, 7) is 3.32. The van der Waals surface area contributed by atoms with E-state index >= 15 is 0 Å². The van der Waals surface area contributed by atoms with Gasteiger partial charge in [-0.3, -0.25) is 0 Å². The highest BCUT2D eigenvalue weighted by Crippen LogP contribution is 2.35. The Hall–Kier alpha value is -3.98. The van der Waals surface area contributed by atoms with E-state index in [4.69, 9.17) is 20.8 Å². The summed E-state index contributed by atoms with van der Waals surface area (Å²) in [5.74, 6) is 2.23. The topological polar surface area (TPSA) is 89.0 Å². The van der Waals surface area contributed by atoms with Gasteiger partial charge < -0.3 is 15.5 Å². The van der Waals surface area contributed by atoms with Crippen molar-refractivity contribution in [2.24, 2.45) is 0 Å². The number of aromatic nitrogens is 5. The van der Waals surface area contributed by atoms with Crippen molar-refractivity contribution in [1.82, 2.24) is 24.7 Å². The van der Waals surface area contributed by atoms with Crippen LogP contribution in [-0.4, -0.2) is 50.9 Å². The molecule has 164 valence electrons. The van der Waals surface area contributed by atoms with E-state index in [-0.39, 0.29) is 0 Å². The molecule has 0 radical (unpaired) electrons. The Kier molecular flexibility index (Phi) is 4.88. The molecular weight excluding hydrogens is 432 g/mol. The number of rotatable bonds is 4. The van der Waals surface area contributed by atoms with E-state index in [1.807, 2.05) is 66.2 Å². The maximum atomic E-state index is 6.59. The van der Waals surface area contributed by atoms with Crippen LogP contribution in [0.4, 0.5) is 17.6 Å². The average molecular weight is 455 g/mol. The van der Waals surface area contributed by atoms with Gasteiger partial charge in [0.25, 0.3) is 0 Å². The summed E-state index contributed by atoms with van der Waals surface area (Å²) < 4.78 is 1.75. The average Bonchev–Trinajstić information content (AvgIpc) is 3.53. The second-order valence-corrected chi connectivity index (χ2v) is 8.79. The third-order valence-corrected chi connectivity index (χ3v) is 6.72. The molecule has 5 heterocycles. The van der Waals surface area contributed by atoms with Crippen LogP contribution in [0.5, 0.6) is 0 Å². The molecule has 33 heavy (non-hydrogen) atoms. The van der Waals surface area contributed by atoms with E-state index in [1.54, 1.807) is 16.0 Å². The zero-order valence-corrected chi connectivity index (χ0v) is 18.7. The van der Waals surface area contributed by atoms with Gasteiger partial charge in [-0.15, -0.1) is 16.4 Å². The van der Waals surface area contributed by atoms with E-state index < -0.39 is 0 Å². The first-order valence-corrected chi connectivity index (χ1v) is 11.7. The van der Waals surface area contributed by atoms with Gasteiger partial charge in [-0.05, 0) is 35.7 Å². The van der Waals surface area contributed by atoms with Crippen LogP contribution in [0.2, 0.25) is 0 Å². The minimum Gasteiger partial charge on any atom is -0.383 e. The van der Waals surface area contributed by atoms with Crippen molar-refractivity contribution < 1.29 is 0 Å². The number of pyridine rings is 1. The number of nitrogens with two attached hydrogens (primary N) is 1. The van der Waals surface area contributed by atoms with Gasteiger partial charge in [-0.25, -0.2) is 14.6 Å². The number of nitrogen functional groups attached to an aromatic ring is 1. The second-order valence-electron chi connectivity index (χ2n) is 7.84. The predicted molar refractivity (Wildman–Crippen MR) is 133 cm³/mol. The number of para-hydroxylation sites is 1. The third kappa shape index (κ3) is 3.56. The second kappa shape index (κ2) is 8.18. The molecule has 1 aliphatic heterocycles. The summed E-state index contributed by atoms with van der Waals surface area (Å²) >= 11 is 1.64. The number of piperazine rings is 1. The monoisotopic (exact) mass is 454 g/mol. The van der Waals surface area contributed by atoms with Crippen molar-refractivity contribution in [2.45, 2.75) is 0 Å². The number of fused-ring (bicyclic) bond motifs is 1. The molecule has 2 N–H and O–H groups in total. The molecule has 5 aromatic rings. The smallest absolute Gasteiger partial charge is 0.228 e. The number of nitrogens with zero attached hydrogens (tertiary/aromatic N) is 7. The van der Waals surface area contributed by atoms with Gasteiger partial charge in [0.05, 0.1) is 21.6 Å². The Morgan fingerprint density at radius 3 is 2.33 bits per heavy atom. The molecule has 1 aliphatic rings. The molecule has 9 heteroatoms. The highest BCUT2D eigenvalue weighted by molar-refractivity contribution is 7.13. The van der Waals surface area contributed by atoms with E-state index in [0.29, 0.717) is 17.4 Å². The van der Waals surface area contributed by atoms with Crippen LogP contribution in [0.3, 0.4) is 0 Å². The molecule has 4 aromatic heterocycles. The molecule has 6 rings (SSSR count). The van der Waals surface area contributed by atoms with Gasteiger partial charge in [-0.1, -0.05) is 30.3 Å². The van der Waals surface area contributed by atoms with Crippen LogP contribution >= 0.6 is 11.3 Å². The molecule has 0 bridgehead atoms. The molecule has 0 unspecified atom stereocenters. The van der Waals surface area contributed by atoms with E-state index in [1.165, 1.54) is 0 Å². The summed E-state index contributed by atoms with van der Waals surface area (Å²) in [7, 11) is 0. The Morgan fingerprint density at radius 1 is 0.818 bits per heavy atom. The quantitative estimate of drug-likeness (QED) is 0.441. The fraction of sp³-hybridized carbons (Fsp3) is 0.167. The molecule has 1 fully saturated rings. The summed E-state index contributed by atoms with van der Waals surface area (Å²) in [5.41, 5.74) is 8.92. The maximum Gasteiger partial charge on any atom is 0.228 e. The summed E-state index contributed by atoms with van der Waals surface area (Å²) in [4.78, 5) is 19.9. The van der Waals surface area contributed by atoms with Crippen molar-refractivity contribution in [1.29, 1.82) is 0 Å². The standard InChI is InChI=1S/C24H22N8S/c25-22-20-21(18-9-6-16-33-18)27-24(28-23(20)29-32(22)17-7-2-1-3-8-17)31-14-12-30(13-15-31)19-10-4-5-11-26-19/h1-11,16H,12-15,25H2. The molecule has 0 amide bonds. The first-order chi connectivity index (χ1) is 16.3. The normalized spacial score (nSPS) is 14.2. The largest absolute Gasteiger partial charge is 0.383 e. The lowest BCUT2D eigenvalue weighted by atomic mass is 10.2. The Morgan fingerprint density at radius 2 is 1.61 bits per heavy atom. The predicted octanol–water partition coefficient (Wildman–Crippen LogP) is 3.85. The first kappa shape index (κ1) is 19.7. The number of benzene rings is 1. The molecule has 8 nitrogen and oxygen atoms in total. The number of thiophene rings is 1. The van der Waals surface area contributed by atoms with Gasteiger partial charge in [0.2, 0.25) is 5.95 Å². The van der Waals surface area contributed by atoms with E-state index in [0.717, 1.165) is 53.6 Å². The van der Waals surface area contributed by atoms with Crippen molar-refractivity contribution in [3.63, 3.8) is 0 Å². The lowest BCUT2D eigenvalue weighted by Crippen LogP contribution is -2.47. The van der Waals surface area contributed by atoms with Crippen molar-refractivity contribution in [3.05, 3.63) is 72.2 Å². The summed E-state index contributed by atoms with van der Waals surface area (Å²) in [6, 6.07) is 20.0. The van der Waals surface area contributed by atoms with Crippen LogP contribution in [0, 0.1) is 0 Å². The number of hydrogen-bond acceptors (Lipinski definition) is 8. The van der Waals surface area contributed by atoms with Crippen molar-refractivity contribution in [3.8, 4) is 16.3 Å². The molecule has 0 spiro atoms. The maximum absolute atomic E-state index is 6.59. The zero-order valence-electron chi connectivity index (χ0n) is 17.9. The lowest BCUT2D eigenvalue weighted by molar-refractivity contribution is 0.636. The van der Waals surface area contributed by atoms with E-state index in [2.05, 4.69) is 20.9 Å². The molecule has 1 saturated heterocycles. The highest BCUT2D eigenvalue weighted by Gasteiger charge is 2.24. The van der Waals surface area contributed by atoms with Gasteiger partial charge >= 0.3 is 0 Å². The van der Waals surface area contributed by atoms with Crippen LogP contribution in [0.1, 0.15) is 0 Å². The van der Waals surface area contributed by atoms with Crippen LogP contribution in [0.25, 0.3) is 27.3 Å². The van der Waals surface area contributed by atoms with Gasteiger partial charge in [-0.2, -0.15) is 4.98 Å². The van der Waals surface area contributed by atoms with Gasteiger partial charge in [0.15, 0.2) is 5.65 Å². The SMILES string of the molecule is Nc1c2c(-c3cccs3)nc(N3CCN(c4ccccn4)CC3)nc2nn1-c1ccccc1. The van der Waals surface area contributed by atoms with Crippen molar-refractivity contribution >= 4 is 40.0 Å². The van der Waals surface area contributed by atoms with Crippen LogP contribution in [0.15, 0.2) is 72.2 Å². The zero-order chi connectivity index (χ0) is 22.2. The Balaban J connectivity index is 1.40. The van der Waals surface area contributed by atoms with E-state index in [9.17, 15) is 0 Å².